The number of hydrogen-bond donors (Lipinski definition) is 0. The number of rotatable bonds is 8. The third kappa shape index (κ3) is 6.48. The molecule has 0 aliphatic carbocycles. The van der Waals surface area contributed by atoms with E-state index in [1.54, 1.807) is 0 Å². The minimum absolute atomic E-state index is 0.994. The Balaban J connectivity index is 1.05. The highest BCUT2D eigenvalue weighted by atomic mass is 79.9. The molecule has 0 unspecified atom stereocenters. The number of para-hydroxylation sites is 2. The minimum Gasteiger partial charge on any atom is -0.310 e. The van der Waals surface area contributed by atoms with Gasteiger partial charge in [0.25, 0.3) is 0 Å². The molecular weight excluding hydrogens is 821 g/mol. The summed E-state index contributed by atoms with van der Waals surface area (Å²) in [5, 5.41) is 5.25. The zero-order valence-electron chi connectivity index (χ0n) is 31.8. The fourth-order valence-electron chi connectivity index (χ4n) is 8.39. The van der Waals surface area contributed by atoms with E-state index in [0.29, 0.717) is 0 Å². The van der Waals surface area contributed by atoms with Crippen molar-refractivity contribution in [3.63, 3.8) is 0 Å². The average molecular weight is 856 g/mol. The molecule has 0 atom stereocenters. The lowest BCUT2D eigenvalue weighted by atomic mass is 10.0. The molecule has 2 nitrogen and oxygen atoms in total. The zero-order chi connectivity index (χ0) is 39.3. The summed E-state index contributed by atoms with van der Waals surface area (Å²) in [5.74, 6) is 0. The van der Waals surface area contributed by atoms with Crippen molar-refractivity contribution in [2.45, 2.75) is 0 Å². The van der Waals surface area contributed by atoms with E-state index in [4.69, 9.17) is 0 Å². The van der Waals surface area contributed by atoms with Gasteiger partial charge in [-0.15, -0.1) is 22.7 Å². The number of benzene rings is 9. The van der Waals surface area contributed by atoms with Crippen molar-refractivity contribution < 1.29 is 0 Å². The van der Waals surface area contributed by atoms with Gasteiger partial charge in [0.2, 0.25) is 0 Å². The van der Waals surface area contributed by atoms with Crippen molar-refractivity contribution in [3.05, 3.63) is 217 Å². The van der Waals surface area contributed by atoms with E-state index in [1.807, 2.05) is 22.7 Å². The van der Waals surface area contributed by atoms with E-state index < -0.39 is 0 Å². The van der Waals surface area contributed by atoms with Gasteiger partial charge in [0.1, 0.15) is 0 Å². The number of halogens is 1. The molecule has 280 valence electrons. The predicted octanol–water partition coefficient (Wildman–Crippen LogP) is 17.5. The monoisotopic (exact) mass is 854 g/mol. The van der Waals surface area contributed by atoms with Gasteiger partial charge in [0, 0.05) is 78.9 Å². The number of hydrogen-bond acceptors (Lipinski definition) is 4. The van der Waals surface area contributed by atoms with Crippen LogP contribution in [0.15, 0.2) is 217 Å². The van der Waals surface area contributed by atoms with Gasteiger partial charge in [0.05, 0.1) is 0 Å². The normalized spacial score (nSPS) is 11.5. The third-order valence-corrected chi connectivity index (χ3v) is 14.0. The van der Waals surface area contributed by atoms with E-state index in [9.17, 15) is 0 Å². The van der Waals surface area contributed by atoms with E-state index in [-0.39, 0.29) is 0 Å². The second-order valence-electron chi connectivity index (χ2n) is 14.7. The molecule has 0 radical (unpaired) electrons. The highest BCUT2D eigenvalue weighted by Gasteiger charge is 2.20. The summed E-state index contributed by atoms with van der Waals surface area (Å²) < 4.78 is 6.26. The van der Waals surface area contributed by atoms with E-state index in [0.717, 1.165) is 38.6 Å². The molecule has 0 bridgehead atoms. The Labute approximate surface area is 359 Å². The lowest BCUT2D eigenvalue weighted by Gasteiger charge is -2.30. The molecule has 0 saturated carbocycles. The van der Waals surface area contributed by atoms with Crippen LogP contribution in [0.5, 0.6) is 0 Å². The summed E-state index contributed by atoms with van der Waals surface area (Å²) >= 11 is 7.69. The number of thiophene rings is 2. The third-order valence-electron chi connectivity index (χ3n) is 11.1. The first-order valence-corrected chi connectivity index (χ1v) is 22.1. The first kappa shape index (κ1) is 35.6. The Kier molecular flexibility index (Phi) is 9.08. The molecule has 0 aliphatic heterocycles. The second-order valence-corrected chi connectivity index (χ2v) is 17.7. The topological polar surface area (TPSA) is 6.48 Å². The van der Waals surface area contributed by atoms with Crippen molar-refractivity contribution in [3.8, 4) is 22.3 Å². The average Bonchev–Trinajstić information content (AvgIpc) is 3.87. The molecule has 0 saturated heterocycles. The fraction of sp³-hybridized carbons (Fsp3) is 0. The van der Waals surface area contributed by atoms with Crippen molar-refractivity contribution in [1.82, 2.24) is 0 Å². The maximum Gasteiger partial charge on any atom is 0.0493 e. The van der Waals surface area contributed by atoms with Gasteiger partial charge in [-0.25, -0.2) is 0 Å². The maximum atomic E-state index is 3.95. The van der Waals surface area contributed by atoms with Gasteiger partial charge < -0.3 is 9.80 Å². The van der Waals surface area contributed by atoms with Crippen molar-refractivity contribution in [1.29, 1.82) is 0 Å². The van der Waals surface area contributed by atoms with E-state index >= 15 is 0 Å². The molecule has 2 aromatic heterocycles. The van der Waals surface area contributed by atoms with Crippen molar-refractivity contribution >= 4 is 113 Å². The molecule has 0 spiro atoms. The van der Waals surface area contributed by atoms with Crippen molar-refractivity contribution in [2.75, 3.05) is 9.80 Å². The van der Waals surface area contributed by atoms with Crippen LogP contribution in [0.4, 0.5) is 34.1 Å². The fourth-order valence-corrected chi connectivity index (χ4v) is 11.3. The minimum atomic E-state index is 0.994. The summed E-state index contributed by atoms with van der Waals surface area (Å²) in [6.07, 6.45) is 0. The van der Waals surface area contributed by atoms with Gasteiger partial charge in [-0.05, 0) is 101 Å². The largest absolute Gasteiger partial charge is 0.310 e. The lowest BCUT2D eigenvalue weighted by Crippen LogP contribution is -2.13. The molecule has 0 amide bonds. The Bertz CT molecular complexity index is 3080. The predicted molar refractivity (Wildman–Crippen MR) is 260 cm³/mol. The Morgan fingerprint density at radius 2 is 0.678 bits per heavy atom. The summed E-state index contributed by atoms with van der Waals surface area (Å²) in [5.41, 5.74) is 11.3. The molecule has 11 aromatic rings. The quantitative estimate of drug-likeness (QED) is 0.150. The summed E-state index contributed by atoms with van der Waals surface area (Å²) in [6, 6.07) is 76.8. The van der Waals surface area contributed by atoms with E-state index in [2.05, 4.69) is 238 Å². The molecule has 11 rings (SSSR count). The van der Waals surface area contributed by atoms with Crippen LogP contribution in [0.25, 0.3) is 62.6 Å². The molecule has 5 heteroatoms. The van der Waals surface area contributed by atoms with Crippen LogP contribution < -0.4 is 9.80 Å². The van der Waals surface area contributed by atoms with Crippen LogP contribution in [-0.4, -0.2) is 0 Å². The van der Waals surface area contributed by atoms with Gasteiger partial charge in [0.15, 0.2) is 0 Å². The molecular formula is C54H35BrN2S2. The molecule has 2 heterocycles. The molecule has 9 aromatic carbocycles. The standard InChI is InChI=1S/C54H35BrN2S2/c55-38-33-43(56(39-13-3-1-4-14-39)40-15-5-2-6-16-40)35-44(34-38)57(41-29-25-36(26-30-41)45-19-11-21-49-47-17-7-9-23-51(47)58-53(45)49)42-31-27-37(28-32-42)46-20-12-22-50-48-18-8-10-24-52(48)59-54(46)50/h1-35H. The SMILES string of the molecule is Brc1cc(N(c2ccccc2)c2ccccc2)cc(N(c2ccc(-c3cccc4c3sc3ccccc34)cc2)c2ccc(-c3cccc4c3sc3ccccc34)cc2)c1. The van der Waals surface area contributed by atoms with Crippen LogP contribution in [0.2, 0.25) is 0 Å². The van der Waals surface area contributed by atoms with E-state index in [1.165, 1.54) is 62.6 Å². The zero-order valence-corrected chi connectivity index (χ0v) is 35.0. The number of anilines is 6. The Hall–Kier alpha value is -6.50. The smallest absolute Gasteiger partial charge is 0.0493 e. The highest BCUT2D eigenvalue weighted by molar-refractivity contribution is 9.10. The number of fused-ring (bicyclic) bond motifs is 6. The highest BCUT2D eigenvalue weighted by Crippen LogP contribution is 2.45. The molecule has 59 heavy (non-hydrogen) atoms. The molecule has 0 N–H and O–H groups in total. The Morgan fingerprint density at radius 3 is 1.12 bits per heavy atom. The van der Waals surface area contributed by atoms with Gasteiger partial charge in [-0.2, -0.15) is 0 Å². The van der Waals surface area contributed by atoms with Gasteiger partial charge >= 0.3 is 0 Å². The van der Waals surface area contributed by atoms with Crippen LogP contribution in [0, 0.1) is 0 Å². The van der Waals surface area contributed by atoms with Crippen molar-refractivity contribution in [2.24, 2.45) is 0 Å². The molecule has 0 fully saturated rings. The van der Waals surface area contributed by atoms with Gasteiger partial charge in [-0.1, -0.05) is 149 Å². The summed E-state index contributed by atoms with van der Waals surface area (Å²) in [6.45, 7) is 0. The number of nitrogens with zero attached hydrogens (tertiary/aromatic N) is 2. The summed E-state index contributed by atoms with van der Waals surface area (Å²) in [7, 11) is 0. The van der Waals surface area contributed by atoms with Crippen LogP contribution in [0.1, 0.15) is 0 Å². The first-order chi connectivity index (χ1) is 29.2. The van der Waals surface area contributed by atoms with Crippen LogP contribution >= 0.6 is 38.6 Å². The second kappa shape index (κ2) is 15.0. The lowest BCUT2D eigenvalue weighted by molar-refractivity contribution is 1.24. The van der Waals surface area contributed by atoms with Crippen LogP contribution in [0.3, 0.4) is 0 Å². The first-order valence-electron chi connectivity index (χ1n) is 19.7. The van der Waals surface area contributed by atoms with Gasteiger partial charge in [-0.3, -0.25) is 0 Å². The molecule has 0 aliphatic rings. The van der Waals surface area contributed by atoms with Crippen LogP contribution in [-0.2, 0) is 0 Å². The maximum absolute atomic E-state index is 3.95. The Morgan fingerprint density at radius 1 is 0.305 bits per heavy atom. The summed E-state index contributed by atoms with van der Waals surface area (Å²) in [4.78, 5) is 4.69.